The first-order valence-corrected chi connectivity index (χ1v) is 11.6. The zero-order chi connectivity index (χ0) is 22.0. The van der Waals surface area contributed by atoms with Gasteiger partial charge in [-0.15, -0.1) is 0 Å². The fourth-order valence-electron chi connectivity index (χ4n) is 4.66. The zero-order valence-corrected chi connectivity index (χ0v) is 18.0. The first kappa shape index (κ1) is 19.4. The molecule has 2 aliphatic rings. The van der Waals surface area contributed by atoms with Crippen LogP contribution in [0.25, 0.3) is 32.2 Å². The van der Waals surface area contributed by atoms with Crippen LogP contribution < -0.4 is 11.0 Å². The van der Waals surface area contributed by atoms with Crippen molar-refractivity contribution in [3.63, 3.8) is 0 Å². The Morgan fingerprint density at radius 3 is 2.47 bits per heavy atom. The van der Waals surface area contributed by atoms with E-state index in [2.05, 4.69) is 4.37 Å². The van der Waals surface area contributed by atoms with E-state index in [1.165, 1.54) is 6.07 Å². The number of nitrogens with zero attached hydrogens (tertiary/aromatic N) is 2. The fourth-order valence-corrected chi connectivity index (χ4v) is 5.59. The van der Waals surface area contributed by atoms with Gasteiger partial charge in [-0.1, -0.05) is 12.1 Å². The SMILES string of the molecule is O=C(c1ccc(-c2cc3c(cc2F)c(=O)c2c(=O)[nH]sc2n3C2CC2)cc1)N1CCCC1. The van der Waals surface area contributed by atoms with Crippen LogP contribution in [0.15, 0.2) is 46.0 Å². The maximum atomic E-state index is 15.2. The molecule has 1 saturated carbocycles. The van der Waals surface area contributed by atoms with E-state index in [0.717, 1.165) is 50.3 Å². The third kappa shape index (κ3) is 2.93. The second kappa shape index (κ2) is 7.13. The van der Waals surface area contributed by atoms with Crippen LogP contribution in [-0.2, 0) is 0 Å². The van der Waals surface area contributed by atoms with Gasteiger partial charge in [0.05, 0.1) is 5.52 Å². The maximum absolute atomic E-state index is 15.2. The van der Waals surface area contributed by atoms with Crippen molar-refractivity contribution in [2.24, 2.45) is 0 Å². The van der Waals surface area contributed by atoms with Gasteiger partial charge >= 0.3 is 0 Å². The Hall–Kier alpha value is -3.26. The molecule has 32 heavy (non-hydrogen) atoms. The lowest BCUT2D eigenvalue weighted by molar-refractivity contribution is 0.0793. The van der Waals surface area contributed by atoms with Crippen molar-refractivity contribution in [2.75, 3.05) is 13.1 Å². The number of hydrogen-bond acceptors (Lipinski definition) is 4. The van der Waals surface area contributed by atoms with Gasteiger partial charge in [-0.25, -0.2) is 4.39 Å². The van der Waals surface area contributed by atoms with E-state index < -0.39 is 16.8 Å². The van der Waals surface area contributed by atoms with E-state index in [9.17, 15) is 14.4 Å². The molecule has 2 aromatic heterocycles. The van der Waals surface area contributed by atoms with Crippen LogP contribution in [0.5, 0.6) is 0 Å². The van der Waals surface area contributed by atoms with Crippen LogP contribution in [0, 0.1) is 5.82 Å². The van der Waals surface area contributed by atoms with Crippen molar-refractivity contribution in [1.29, 1.82) is 0 Å². The topological polar surface area (TPSA) is 75.2 Å². The molecule has 3 heterocycles. The maximum Gasteiger partial charge on any atom is 0.271 e. The first-order valence-electron chi connectivity index (χ1n) is 10.8. The molecule has 162 valence electrons. The number of pyridine rings is 1. The number of amides is 1. The first-order chi connectivity index (χ1) is 15.5. The highest BCUT2D eigenvalue weighted by Crippen LogP contribution is 2.40. The van der Waals surface area contributed by atoms with Crippen molar-refractivity contribution < 1.29 is 9.18 Å². The molecular weight excluding hydrogens is 429 g/mol. The van der Waals surface area contributed by atoms with Gasteiger partial charge in [0.1, 0.15) is 16.0 Å². The number of aromatic amines is 1. The number of rotatable bonds is 3. The van der Waals surface area contributed by atoms with Crippen LogP contribution in [0.4, 0.5) is 4.39 Å². The summed E-state index contributed by atoms with van der Waals surface area (Å²) in [4.78, 5) is 40.3. The lowest BCUT2D eigenvalue weighted by Crippen LogP contribution is -2.27. The summed E-state index contributed by atoms with van der Waals surface area (Å²) in [6, 6.07) is 10.1. The monoisotopic (exact) mass is 449 g/mol. The molecule has 1 saturated heterocycles. The lowest BCUT2D eigenvalue weighted by atomic mass is 10.0. The van der Waals surface area contributed by atoms with Gasteiger partial charge in [-0.3, -0.25) is 18.8 Å². The number of fused-ring (bicyclic) bond motifs is 2. The molecule has 0 atom stereocenters. The Morgan fingerprint density at radius 2 is 1.78 bits per heavy atom. The minimum atomic E-state index is -0.526. The summed E-state index contributed by atoms with van der Waals surface area (Å²) in [5.41, 5.74) is 1.37. The standard InChI is InChI=1S/C24H20FN3O3S/c25-18-11-17-19(28(15-7-8-15)24-20(21(17)29)22(30)26-32-24)12-16(18)13-3-5-14(6-4-13)23(31)27-9-1-2-10-27/h3-6,11-12,15H,1-2,7-10H2,(H,26,30). The third-order valence-corrected chi connectivity index (χ3v) is 7.35. The molecule has 6 nitrogen and oxygen atoms in total. The van der Waals surface area contributed by atoms with Crippen LogP contribution in [0.3, 0.4) is 0 Å². The number of carbonyl (C=O) groups excluding carboxylic acids is 1. The molecule has 1 aliphatic carbocycles. The predicted molar refractivity (Wildman–Crippen MR) is 123 cm³/mol. The van der Waals surface area contributed by atoms with E-state index in [-0.39, 0.29) is 22.7 Å². The summed E-state index contributed by atoms with van der Waals surface area (Å²) in [6.07, 6.45) is 3.97. The highest BCUT2D eigenvalue weighted by Gasteiger charge is 2.29. The molecule has 8 heteroatoms. The van der Waals surface area contributed by atoms with E-state index >= 15 is 4.39 Å². The van der Waals surface area contributed by atoms with Gasteiger partial charge in [0.25, 0.3) is 11.5 Å². The Balaban J connectivity index is 1.50. The largest absolute Gasteiger partial charge is 0.339 e. The zero-order valence-electron chi connectivity index (χ0n) is 17.2. The molecule has 0 bridgehead atoms. The number of hydrogen-bond donors (Lipinski definition) is 1. The molecule has 2 fully saturated rings. The summed E-state index contributed by atoms with van der Waals surface area (Å²) in [5, 5.41) is 0.321. The molecular formula is C24H20FN3O3S. The molecule has 6 rings (SSSR count). The van der Waals surface area contributed by atoms with Gasteiger partial charge in [0.2, 0.25) is 5.43 Å². The normalized spacial score (nSPS) is 16.3. The quantitative estimate of drug-likeness (QED) is 0.507. The smallest absolute Gasteiger partial charge is 0.271 e. The molecule has 4 aromatic rings. The summed E-state index contributed by atoms with van der Waals surface area (Å²) >= 11 is 1.15. The summed E-state index contributed by atoms with van der Waals surface area (Å²) < 4.78 is 19.8. The second-order valence-electron chi connectivity index (χ2n) is 8.57. The van der Waals surface area contributed by atoms with Crippen molar-refractivity contribution in [2.45, 2.75) is 31.7 Å². The minimum absolute atomic E-state index is 0.000333. The van der Waals surface area contributed by atoms with Gasteiger partial charge in [-0.2, -0.15) is 0 Å². The Morgan fingerprint density at radius 1 is 1.06 bits per heavy atom. The fraction of sp³-hybridized carbons (Fsp3) is 0.292. The number of carbonyl (C=O) groups is 1. The van der Waals surface area contributed by atoms with Gasteiger partial charge in [0, 0.05) is 35.6 Å². The van der Waals surface area contributed by atoms with Gasteiger partial charge in [0.15, 0.2) is 0 Å². The summed E-state index contributed by atoms with van der Waals surface area (Å²) in [7, 11) is 0. The summed E-state index contributed by atoms with van der Waals surface area (Å²) in [6.45, 7) is 1.55. The molecule has 1 N–H and O–H groups in total. The number of H-pyrrole nitrogens is 1. The van der Waals surface area contributed by atoms with Gasteiger partial charge in [-0.05, 0) is 67.0 Å². The number of aromatic nitrogens is 2. The van der Waals surface area contributed by atoms with Crippen LogP contribution in [0.1, 0.15) is 42.1 Å². The van der Waals surface area contributed by atoms with E-state index in [1.54, 1.807) is 30.3 Å². The number of nitrogens with one attached hydrogen (secondary N) is 1. The highest BCUT2D eigenvalue weighted by molar-refractivity contribution is 7.12. The third-order valence-electron chi connectivity index (χ3n) is 6.46. The number of halogens is 1. The Kier molecular flexibility index (Phi) is 4.33. The predicted octanol–water partition coefficient (Wildman–Crippen LogP) is 4.28. The molecule has 1 aliphatic heterocycles. The van der Waals surface area contributed by atoms with Crippen molar-refractivity contribution in [3.8, 4) is 11.1 Å². The molecule has 0 unspecified atom stereocenters. The van der Waals surface area contributed by atoms with Crippen LogP contribution in [-0.4, -0.2) is 32.8 Å². The van der Waals surface area contributed by atoms with Crippen LogP contribution in [0.2, 0.25) is 0 Å². The Bertz CT molecular complexity index is 1510. The van der Waals surface area contributed by atoms with Crippen LogP contribution >= 0.6 is 11.5 Å². The van der Waals surface area contributed by atoms with Crippen molar-refractivity contribution in [3.05, 3.63) is 68.4 Å². The average molecular weight is 450 g/mol. The van der Waals surface area contributed by atoms with E-state index in [0.29, 0.717) is 27.0 Å². The van der Waals surface area contributed by atoms with E-state index in [1.807, 2.05) is 9.47 Å². The number of likely N-dealkylation sites (tertiary alicyclic amines) is 1. The molecule has 1 amide bonds. The number of benzene rings is 2. The highest BCUT2D eigenvalue weighted by atomic mass is 32.1. The van der Waals surface area contributed by atoms with Crippen molar-refractivity contribution in [1.82, 2.24) is 13.8 Å². The van der Waals surface area contributed by atoms with Gasteiger partial charge < -0.3 is 9.47 Å². The lowest BCUT2D eigenvalue weighted by Gasteiger charge is -2.16. The van der Waals surface area contributed by atoms with Crippen molar-refractivity contribution >= 4 is 38.6 Å². The molecule has 0 spiro atoms. The molecule has 2 aromatic carbocycles. The summed E-state index contributed by atoms with van der Waals surface area (Å²) in [5.74, 6) is -0.526. The Labute approximate surface area is 186 Å². The second-order valence-corrected chi connectivity index (χ2v) is 9.36. The van der Waals surface area contributed by atoms with E-state index in [4.69, 9.17) is 0 Å². The minimum Gasteiger partial charge on any atom is -0.339 e. The average Bonchev–Trinajstić information content (AvgIpc) is 3.33. The molecule has 0 radical (unpaired) electrons.